The molecular formula is C29H30N4O3S. The Morgan fingerprint density at radius 1 is 0.919 bits per heavy atom. The van der Waals surface area contributed by atoms with Crippen molar-refractivity contribution in [2.75, 3.05) is 10.8 Å². The lowest BCUT2D eigenvalue weighted by molar-refractivity contribution is -0.119. The molecule has 1 aromatic heterocycles. The van der Waals surface area contributed by atoms with Crippen molar-refractivity contribution in [3.05, 3.63) is 113 Å². The summed E-state index contributed by atoms with van der Waals surface area (Å²) in [6.07, 6.45) is 1.58. The Hall–Kier alpha value is -4.17. The van der Waals surface area contributed by atoms with Gasteiger partial charge in [0.15, 0.2) is 0 Å². The fraction of sp³-hybridized carbons (Fsp3) is 0.172. The molecule has 4 aromatic rings. The first kappa shape index (κ1) is 25.9. The minimum atomic E-state index is -3.99. The summed E-state index contributed by atoms with van der Waals surface area (Å²) in [5, 5.41) is 4.13. The summed E-state index contributed by atoms with van der Waals surface area (Å²) in [7, 11) is -3.99. The normalized spacial score (nSPS) is 11.6. The SMILES string of the molecule is Cc1ccc(S(=O)(=O)N(CC(=O)N/N=C\c2cc(C)n(-c3ccccc3)c2C)c2ccccc2C)cc1. The Morgan fingerprint density at radius 2 is 1.57 bits per heavy atom. The lowest BCUT2D eigenvalue weighted by Crippen LogP contribution is -2.40. The number of sulfonamides is 1. The summed E-state index contributed by atoms with van der Waals surface area (Å²) in [6, 6.07) is 25.6. The van der Waals surface area contributed by atoms with Gasteiger partial charge in [-0.2, -0.15) is 5.10 Å². The van der Waals surface area contributed by atoms with Crippen LogP contribution in [0.25, 0.3) is 5.69 Å². The van der Waals surface area contributed by atoms with Crippen molar-refractivity contribution in [1.29, 1.82) is 0 Å². The molecule has 0 atom stereocenters. The van der Waals surface area contributed by atoms with Gasteiger partial charge in [-0.05, 0) is 69.7 Å². The molecule has 4 rings (SSSR count). The second-order valence-electron chi connectivity index (χ2n) is 8.90. The second-order valence-corrected chi connectivity index (χ2v) is 10.8. The molecule has 0 bridgehead atoms. The molecule has 37 heavy (non-hydrogen) atoms. The number of anilines is 1. The van der Waals surface area contributed by atoms with Gasteiger partial charge in [0.05, 0.1) is 16.8 Å². The Morgan fingerprint density at radius 3 is 2.24 bits per heavy atom. The van der Waals surface area contributed by atoms with Crippen LogP contribution in [0, 0.1) is 27.7 Å². The van der Waals surface area contributed by atoms with Crippen LogP contribution in [0.4, 0.5) is 5.69 Å². The largest absolute Gasteiger partial charge is 0.318 e. The van der Waals surface area contributed by atoms with E-state index in [0.29, 0.717) is 5.69 Å². The molecule has 0 aliphatic carbocycles. The number of rotatable bonds is 8. The average molecular weight is 515 g/mol. The molecule has 8 heteroatoms. The zero-order valence-corrected chi connectivity index (χ0v) is 22.2. The lowest BCUT2D eigenvalue weighted by atomic mass is 10.2. The number of carbonyl (C=O) groups is 1. The fourth-order valence-corrected chi connectivity index (χ4v) is 5.70. The highest BCUT2D eigenvalue weighted by Crippen LogP contribution is 2.27. The minimum absolute atomic E-state index is 0.117. The Kier molecular flexibility index (Phi) is 7.59. The third-order valence-electron chi connectivity index (χ3n) is 6.16. The molecule has 0 radical (unpaired) electrons. The van der Waals surface area contributed by atoms with E-state index in [1.807, 2.05) is 76.2 Å². The van der Waals surface area contributed by atoms with Crippen LogP contribution in [0.2, 0.25) is 0 Å². The number of para-hydroxylation sites is 2. The number of hydrazone groups is 1. The predicted molar refractivity (Wildman–Crippen MR) is 148 cm³/mol. The fourth-order valence-electron chi connectivity index (χ4n) is 4.21. The van der Waals surface area contributed by atoms with E-state index in [0.717, 1.165) is 38.1 Å². The Bertz CT molecular complexity index is 1540. The zero-order valence-electron chi connectivity index (χ0n) is 21.3. The standard InChI is InChI=1S/C29H30N4O3S/c1-21-14-16-27(17-15-21)37(35,36)32(28-13-9-8-10-22(28)2)20-29(34)31-30-19-25-18-23(3)33(24(25)4)26-11-6-5-7-12-26/h5-19H,20H2,1-4H3,(H,31,34)/b30-19-. The number of amides is 1. The van der Waals surface area contributed by atoms with E-state index < -0.39 is 22.5 Å². The van der Waals surface area contributed by atoms with E-state index in [4.69, 9.17) is 0 Å². The van der Waals surface area contributed by atoms with Gasteiger partial charge in [-0.1, -0.05) is 54.1 Å². The zero-order chi connectivity index (χ0) is 26.6. The van der Waals surface area contributed by atoms with Gasteiger partial charge >= 0.3 is 0 Å². The summed E-state index contributed by atoms with van der Waals surface area (Å²) >= 11 is 0. The molecule has 0 aliphatic rings. The first-order valence-corrected chi connectivity index (χ1v) is 13.3. The number of aryl methyl sites for hydroxylation is 3. The molecule has 1 amide bonds. The Labute approximate surface area is 218 Å². The molecule has 7 nitrogen and oxygen atoms in total. The first-order chi connectivity index (χ1) is 17.7. The molecular weight excluding hydrogens is 484 g/mol. The van der Waals surface area contributed by atoms with Crippen molar-refractivity contribution >= 4 is 27.8 Å². The molecule has 3 aromatic carbocycles. The van der Waals surface area contributed by atoms with E-state index in [1.54, 1.807) is 42.6 Å². The second kappa shape index (κ2) is 10.8. The molecule has 0 saturated heterocycles. The minimum Gasteiger partial charge on any atom is -0.318 e. The number of nitrogens with zero attached hydrogens (tertiary/aromatic N) is 3. The van der Waals surface area contributed by atoms with Gasteiger partial charge in [0, 0.05) is 22.6 Å². The van der Waals surface area contributed by atoms with Gasteiger partial charge in [0.2, 0.25) is 0 Å². The third-order valence-corrected chi connectivity index (χ3v) is 7.93. The van der Waals surface area contributed by atoms with Gasteiger partial charge in [-0.25, -0.2) is 13.8 Å². The van der Waals surface area contributed by atoms with Crippen LogP contribution in [0.15, 0.2) is 94.9 Å². The van der Waals surface area contributed by atoms with E-state index in [2.05, 4.69) is 15.1 Å². The van der Waals surface area contributed by atoms with Crippen LogP contribution >= 0.6 is 0 Å². The molecule has 0 fully saturated rings. The van der Waals surface area contributed by atoms with Crippen molar-refractivity contribution in [3.63, 3.8) is 0 Å². The molecule has 0 aliphatic heterocycles. The van der Waals surface area contributed by atoms with Gasteiger partial charge in [0.1, 0.15) is 6.54 Å². The lowest BCUT2D eigenvalue weighted by Gasteiger charge is -2.25. The van der Waals surface area contributed by atoms with Crippen LogP contribution in [-0.4, -0.2) is 31.7 Å². The highest BCUT2D eigenvalue weighted by molar-refractivity contribution is 7.92. The predicted octanol–water partition coefficient (Wildman–Crippen LogP) is 5.06. The van der Waals surface area contributed by atoms with E-state index in [9.17, 15) is 13.2 Å². The first-order valence-electron chi connectivity index (χ1n) is 11.9. The van der Waals surface area contributed by atoms with Gasteiger partial charge in [-0.3, -0.25) is 9.10 Å². The van der Waals surface area contributed by atoms with Crippen molar-refractivity contribution in [2.24, 2.45) is 5.10 Å². The van der Waals surface area contributed by atoms with E-state index in [1.165, 1.54) is 0 Å². The quantitative estimate of drug-likeness (QED) is 0.264. The van der Waals surface area contributed by atoms with E-state index >= 15 is 0 Å². The molecule has 190 valence electrons. The van der Waals surface area contributed by atoms with Crippen LogP contribution in [-0.2, 0) is 14.8 Å². The number of nitrogens with one attached hydrogen (secondary N) is 1. The van der Waals surface area contributed by atoms with Crippen molar-refractivity contribution in [3.8, 4) is 5.69 Å². The average Bonchev–Trinajstić information content (AvgIpc) is 3.16. The summed E-state index contributed by atoms with van der Waals surface area (Å²) in [6.45, 7) is 7.27. The number of aromatic nitrogens is 1. The smallest absolute Gasteiger partial charge is 0.264 e. The summed E-state index contributed by atoms with van der Waals surface area (Å²) in [4.78, 5) is 13.0. The molecule has 0 spiro atoms. The third kappa shape index (κ3) is 5.65. The van der Waals surface area contributed by atoms with Crippen LogP contribution in [0.1, 0.15) is 28.1 Å². The van der Waals surface area contributed by atoms with Crippen LogP contribution in [0.5, 0.6) is 0 Å². The van der Waals surface area contributed by atoms with Crippen LogP contribution < -0.4 is 9.73 Å². The number of benzene rings is 3. The van der Waals surface area contributed by atoms with Crippen LogP contribution in [0.3, 0.4) is 0 Å². The van der Waals surface area contributed by atoms with Crippen molar-refractivity contribution in [1.82, 2.24) is 9.99 Å². The van der Waals surface area contributed by atoms with Gasteiger partial charge in [-0.15, -0.1) is 0 Å². The molecule has 0 unspecified atom stereocenters. The topological polar surface area (TPSA) is 83.8 Å². The molecule has 1 heterocycles. The summed E-state index contributed by atoms with van der Waals surface area (Å²) in [5.41, 5.74) is 8.52. The van der Waals surface area contributed by atoms with Gasteiger partial charge < -0.3 is 4.57 Å². The number of hydrogen-bond acceptors (Lipinski definition) is 4. The Balaban J connectivity index is 1.56. The summed E-state index contributed by atoms with van der Waals surface area (Å²) < 4.78 is 30.3. The highest BCUT2D eigenvalue weighted by atomic mass is 32.2. The monoisotopic (exact) mass is 514 g/mol. The molecule has 0 saturated carbocycles. The number of carbonyl (C=O) groups excluding carboxylic acids is 1. The number of hydrogen-bond donors (Lipinski definition) is 1. The highest BCUT2D eigenvalue weighted by Gasteiger charge is 2.28. The van der Waals surface area contributed by atoms with Crippen molar-refractivity contribution in [2.45, 2.75) is 32.6 Å². The maximum Gasteiger partial charge on any atom is 0.264 e. The van der Waals surface area contributed by atoms with E-state index in [-0.39, 0.29) is 4.90 Å². The van der Waals surface area contributed by atoms with Gasteiger partial charge in [0.25, 0.3) is 15.9 Å². The maximum absolute atomic E-state index is 13.6. The maximum atomic E-state index is 13.6. The molecule has 1 N–H and O–H groups in total. The van der Waals surface area contributed by atoms with Crippen molar-refractivity contribution < 1.29 is 13.2 Å². The summed E-state index contributed by atoms with van der Waals surface area (Å²) in [5.74, 6) is -0.549.